The molecule has 1 aromatic heterocycles. The second-order valence-electron chi connectivity index (χ2n) is 3.50. The Hall–Kier alpha value is -1.84. The maximum Gasteiger partial charge on any atom is 0.323 e. The molecule has 0 fully saturated rings. The van der Waals surface area contributed by atoms with Crippen molar-refractivity contribution in [1.29, 1.82) is 0 Å². The van der Waals surface area contributed by atoms with Crippen LogP contribution in [0, 0.1) is 12.7 Å². The highest BCUT2D eigenvalue weighted by Crippen LogP contribution is 2.21. The fourth-order valence-corrected chi connectivity index (χ4v) is 1.73. The topological polar surface area (TPSA) is 42.2 Å². The van der Waals surface area contributed by atoms with Gasteiger partial charge in [0.05, 0.1) is 5.52 Å². The summed E-state index contributed by atoms with van der Waals surface area (Å²) in [6.07, 6.45) is 1.72. The van der Waals surface area contributed by atoms with Crippen LogP contribution in [0.1, 0.15) is 5.56 Å². The van der Waals surface area contributed by atoms with Crippen LogP contribution in [0.15, 0.2) is 24.4 Å². The summed E-state index contributed by atoms with van der Waals surface area (Å²) in [6, 6.07) is 4.39. The molecule has 0 spiro atoms. The third-order valence-corrected chi connectivity index (χ3v) is 2.35. The normalized spacial score (nSPS) is 10.8. The van der Waals surface area contributed by atoms with Gasteiger partial charge >= 0.3 is 5.97 Å². The summed E-state index contributed by atoms with van der Waals surface area (Å²) in [7, 11) is 0. The van der Waals surface area contributed by atoms with Crippen molar-refractivity contribution in [1.82, 2.24) is 4.57 Å². The molecular formula is C11H10FNO2. The predicted octanol–water partition coefficient (Wildman–Crippen LogP) is 2.17. The average Bonchev–Trinajstić information content (AvgIpc) is 2.42. The van der Waals surface area contributed by atoms with Crippen LogP contribution in [-0.2, 0) is 11.3 Å². The van der Waals surface area contributed by atoms with E-state index in [9.17, 15) is 9.18 Å². The molecule has 0 saturated carbocycles. The van der Waals surface area contributed by atoms with Crippen LogP contribution in [-0.4, -0.2) is 15.6 Å². The standard InChI is InChI=1S/C11H10FNO2/c1-7-5-13(6-11(14)15)10-4-8(12)2-3-9(7)10/h2-5H,6H2,1H3,(H,14,15). The van der Waals surface area contributed by atoms with E-state index in [2.05, 4.69) is 0 Å². The maximum atomic E-state index is 13.0. The Kier molecular flexibility index (Phi) is 2.19. The lowest BCUT2D eigenvalue weighted by atomic mass is 10.2. The number of benzene rings is 1. The number of rotatable bonds is 2. The van der Waals surface area contributed by atoms with Gasteiger partial charge in [0.1, 0.15) is 12.4 Å². The maximum absolute atomic E-state index is 13.0. The molecular weight excluding hydrogens is 197 g/mol. The summed E-state index contributed by atoms with van der Waals surface area (Å²) >= 11 is 0. The smallest absolute Gasteiger partial charge is 0.323 e. The number of fused-ring (bicyclic) bond motifs is 1. The number of hydrogen-bond acceptors (Lipinski definition) is 1. The van der Waals surface area contributed by atoms with E-state index in [-0.39, 0.29) is 12.4 Å². The van der Waals surface area contributed by atoms with E-state index in [0.717, 1.165) is 10.9 Å². The third kappa shape index (κ3) is 1.70. The van der Waals surface area contributed by atoms with E-state index in [4.69, 9.17) is 5.11 Å². The number of aryl methyl sites for hydroxylation is 1. The summed E-state index contributed by atoms with van der Waals surface area (Å²) in [6.45, 7) is 1.73. The first-order valence-corrected chi connectivity index (χ1v) is 4.55. The van der Waals surface area contributed by atoms with Crippen LogP contribution < -0.4 is 0 Å². The minimum atomic E-state index is -0.934. The molecule has 15 heavy (non-hydrogen) atoms. The Morgan fingerprint density at radius 2 is 2.27 bits per heavy atom. The van der Waals surface area contributed by atoms with E-state index in [1.165, 1.54) is 16.7 Å². The zero-order valence-corrected chi connectivity index (χ0v) is 8.20. The molecule has 4 heteroatoms. The summed E-state index contributed by atoms with van der Waals surface area (Å²) in [5, 5.41) is 9.58. The van der Waals surface area contributed by atoms with Gasteiger partial charge < -0.3 is 9.67 Å². The minimum Gasteiger partial charge on any atom is -0.480 e. The molecule has 0 atom stereocenters. The molecule has 78 valence electrons. The lowest BCUT2D eigenvalue weighted by Gasteiger charge is -2.00. The van der Waals surface area contributed by atoms with Gasteiger partial charge in [0, 0.05) is 11.6 Å². The summed E-state index contributed by atoms with van der Waals surface area (Å²) < 4.78 is 14.5. The summed E-state index contributed by atoms with van der Waals surface area (Å²) in [5.41, 5.74) is 1.57. The van der Waals surface area contributed by atoms with Crippen LogP contribution in [0.5, 0.6) is 0 Å². The lowest BCUT2D eigenvalue weighted by molar-refractivity contribution is -0.137. The molecule has 1 aromatic carbocycles. The molecule has 0 bridgehead atoms. The third-order valence-electron chi connectivity index (χ3n) is 2.35. The molecule has 2 rings (SSSR count). The lowest BCUT2D eigenvalue weighted by Crippen LogP contribution is -2.07. The van der Waals surface area contributed by atoms with Crippen LogP contribution in [0.3, 0.4) is 0 Å². The number of carboxylic acids is 1. The molecule has 0 saturated heterocycles. The Morgan fingerprint density at radius 3 is 2.93 bits per heavy atom. The number of nitrogens with zero attached hydrogens (tertiary/aromatic N) is 1. The van der Waals surface area contributed by atoms with Crippen molar-refractivity contribution in [2.75, 3.05) is 0 Å². The van der Waals surface area contributed by atoms with Gasteiger partial charge in [-0.05, 0) is 30.7 Å². The number of carbonyl (C=O) groups is 1. The van der Waals surface area contributed by atoms with Crippen molar-refractivity contribution < 1.29 is 14.3 Å². The number of aromatic nitrogens is 1. The number of carboxylic acid groups (broad SMARTS) is 1. The van der Waals surface area contributed by atoms with Gasteiger partial charge in [-0.3, -0.25) is 4.79 Å². The molecule has 0 unspecified atom stereocenters. The van der Waals surface area contributed by atoms with Gasteiger partial charge in [-0.15, -0.1) is 0 Å². The zero-order valence-electron chi connectivity index (χ0n) is 8.20. The first-order valence-electron chi connectivity index (χ1n) is 4.55. The van der Waals surface area contributed by atoms with Gasteiger partial charge in [-0.1, -0.05) is 0 Å². The Bertz CT molecular complexity index is 531. The van der Waals surface area contributed by atoms with Gasteiger partial charge in [-0.25, -0.2) is 4.39 Å². The molecule has 1 N–H and O–H groups in total. The van der Waals surface area contributed by atoms with Gasteiger partial charge in [0.25, 0.3) is 0 Å². The number of halogens is 1. The Labute approximate surface area is 85.7 Å². The van der Waals surface area contributed by atoms with Crippen molar-refractivity contribution in [2.24, 2.45) is 0 Å². The van der Waals surface area contributed by atoms with Crippen molar-refractivity contribution in [2.45, 2.75) is 13.5 Å². The average molecular weight is 207 g/mol. The quantitative estimate of drug-likeness (QED) is 0.820. The van der Waals surface area contributed by atoms with E-state index >= 15 is 0 Å². The van der Waals surface area contributed by atoms with Gasteiger partial charge in [0.15, 0.2) is 0 Å². The van der Waals surface area contributed by atoms with Crippen molar-refractivity contribution in [3.8, 4) is 0 Å². The number of hydrogen-bond donors (Lipinski definition) is 1. The van der Waals surface area contributed by atoms with Crippen LogP contribution in [0.25, 0.3) is 10.9 Å². The molecule has 0 aliphatic rings. The molecule has 1 heterocycles. The molecule has 0 aliphatic heterocycles. The fraction of sp³-hybridized carbons (Fsp3) is 0.182. The van der Waals surface area contributed by atoms with E-state index < -0.39 is 5.97 Å². The Morgan fingerprint density at radius 1 is 1.53 bits per heavy atom. The fourth-order valence-electron chi connectivity index (χ4n) is 1.73. The summed E-state index contributed by atoms with van der Waals surface area (Å²) in [4.78, 5) is 10.6. The first-order chi connectivity index (χ1) is 7.08. The molecule has 2 aromatic rings. The zero-order chi connectivity index (χ0) is 11.0. The minimum absolute atomic E-state index is 0.145. The SMILES string of the molecule is Cc1cn(CC(=O)O)c2cc(F)ccc12. The highest BCUT2D eigenvalue weighted by atomic mass is 19.1. The monoisotopic (exact) mass is 207 g/mol. The van der Waals surface area contributed by atoms with E-state index in [1.807, 2.05) is 6.92 Å². The van der Waals surface area contributed by atoms with Crippen molar-refractivity contribution in [3.63, 3.8) is 0 Å². The van der Waals surface area contributed by atoms with E-state index in [0.29, 0.717) is 5.52 Å². The predicted molar refractivity (Wildman–Crippen MR) is 54.3 cm³/mol. The van der Waals surface area contributed by atoms with Crippen molar-refractivity contribution >= 4 is 16.9 Å². The number of aliphatic carboxylic acids is 1. The molecule has 3 nitrogen and oxygen atoms in total. The Balaban J connectivity index is 2.64. The van der Waals surface area contributed by atoms with Crippen LogP contribution >= 0.6 is 0 Å². The second kappa shape index (κ2) is 3.38. The van der Waals surface area contributed by atoms with Crippen LogP contribution in [0.2, 0.25) is 0 Å². The second-order valence-corrected chi connectivity index (χ2v) is 3.50. The molecule has 0 amide bonds. The van der Waals surface area contributed by atoms with E-state index in [1.54, 1.807) is 12.3 Å². The van der Waals surface area contributed by atoms with Gasteiger partial charge in [0.2, 0.25) is 0 Å². The molecule has 0 aliphatic carbocycles. The first kappa shape index (κ1) is 9.71. The van der Waals surface area contributed by atoms with Gasteiger partial charge in [-0.2, -0.15) is 0 Å². The molecule has 0 radical (unpaired) electrons. The van der Waals surface area contributed by atoms with Crippen molar-refractivity contribution in [3.05, 3.63) is 35.8 Å². The highest BCUT2D eigenvalue weighted by Gasteiger charge is 2.08. The van der Waals surface area contributed by atoms with Crippen LogP contribution in [0.4, 0.5) is 4.39 Å². The largest absolute Gasteiger partial charge is 0.480 e. The highest BCUT2D eigenvalue weighted by molar-refractivity contribution is 5.85. The summed E-state index contributed by atoms with van der Waals surface area (Å²) in [5.74, 6) is -1.29.